The lowest BCUT2D eigenvalue weighted by Gasteiger charge is -2.32. The number of carbonyl (C=O) groups excluding carboxylic acids is 2. The molecule has 0 saturated heterocycles. The third-order valence-corrected chi connectivity index (χ3v) is 5.00. The maximum absolute atomic E-state index is 12.7. The number of rotatable bonds is 6. The van der Waals surface area contributed by atoms with E-state index in [1.54, 1.807) is 6.08 Å². The quantitative estimate of drug-likeness (QED) is 0.420. The summed E-state index contributed by atoms with van der Waals surface area (Å²) in [5.41, 5.74) is 1.89. The van der Waals surface area contributed by atoms with Crippen LogP contribution in [0.2, 0.25) is 0 Å². The minimum atomic E-state index is -4.44. The van der Waals surface area contributed by atoms with Gasteiger partial charge in [0, 0.05) is 0 Å². The summed E-state index contributed by atoms with van der Waals surface area (Å²) in [7, 11) is 0. The Morgan fingerprint density at radius 3 is 2.36 bits per heavy atom. The van der Waals surface area contributed by atoms with Crippen molar-refractivity contribution in [2.24, 2.45) is 5.41 Å². The first-order valence-corrected chi connectivity index (χ1v) is 9.28. The van der Waals surface area contributed by atoms with E-state index in [0.29, 0.717) is 0 Å². The molecule has 0 aliphatic heterocycles. The van der Waals surface area contributed by atoms with Crippen molar-refractivity contribution in [3.8, 4) is 0 Å². The van der Waals surface area contributed by atoms with Gasteiger partial charge in [-0.3, -0.25) is 9.59 Å². The second-order valence-corrected chi connectivity index (χ2v) is 7.83. The maximum Gasteiger partial charge on any atom is 0.416 e. The van der Waals surface area contributed by atoms with E-state index in [4.69, 9.17) is 0 Å². The first-order valence-electron chi connectivity index (χ1n) is 9.28. The molecule has 2 nitrogen and oxygen atoms in total. The topological polar surface area (TPSA) is 34.1 Å². The Kier molecular flexibility index (Phi) is 6.81. The summed E-state index contributed by atoms with van der Waals surface area (Å²) in [5, 5.41) is 0. The summed E-state index contributed by atoms with van der Waals surface area (Å²) in [4.78, 5) is 24.1. The standard InChI is InChI=1S/C23H25F3O2/c1-16-6-5-13-22(2,3)21(16)12-11-20(28)15-19(27)10-9-17-7-4-8-18(14-17)23(24,25)26/h4,7-12,14H,5-6,13,15H2,1-3H3/b10-9+,12-11+. The number of allylic oxidation sites excluding steroid dienone is 5. The smallest absolute Gasteiger partial charge is 0.294 e. The molecule has 0 heterocycles. The number of carbonyl (C=O) groups is 2. The van der Waals surface area contributed by atoms with E-state index in [0.717, 1.165) is 43.0 Å². The Morgan fingerprint density at radius 1 is 1.11 bits per heavy atom. The van der Waals surface area contributed by atoms with Crippen LogP contribution in [0.15, 0.2) is 53.6 Å². The zero-order valence-corrected chi connectivity index (χ0v) is 16.4. The predicted octanol–water partition coefficient (Wildman–Crippen LogP) is 6.33. The van der Waals surface area contributed by atoms with E-state index >= 15 is 0 Å². The molecular formula is C23H25F3O2. The van der Waals surface area contributed by atoms with Crippen LogP contribution in [0.25, 0.3) is 6.08 Å². The lowest BCUT2D eigenvalue weighted by atomic mass is 9.72. The van der Waals surface area contributed by atoms with Gasteiger partial charge in [-0.2, -0.15) is 13.2 Å². The normalized spacial score (nSPS) is 17.5. The zero-order chi connectivity index (χ0) is 20.9. The van der Waals surface area contributed by atoms with Gasteiger partial charge in [-0.25, -0.2) is 0 Å². The van der Waals surface area contributed by atoms with Crippen LogP contribution in [0.3, 0.4) is 0 Å². The Balaban J connectivity index is 2.00. The number of halogens is 3. The maximum atomic E-state index is 12.7. The molecule has 2 rings (SSSR count). The summed E-state index contributed by atoms with van der Waals surface area (Å²) >= 11 is 0. The van der Waals surface area contributed by atoms with Gasteiger partial charge in [-0.1, -0.05) is 43.7 Å². The Labute approximate surface area is 163 Å². The molecule has 150 valence electrons. The third kappa shape index (κ3) is 6.04. The van der Waals surface area contributed by atoms with Crippen LogP contribution in [0.1, 0.15) is 57.6 Å². The predicted molar refractivity (Wildman–Crippen MR) is 105 cm³/mol. The molecule has 0 saturated carbocycles. The van der Waals surface area contributed by atoms with Gasteiger partial charge in [0.2, 0.25) is 0 Å². The van der Waals surface area contributed by atoms with Gasteiger partial charge in [0.15, 0.2) is 11.6 Å². The van der Waals surface area contributed by atoms with Crippen molar-refractivity contribution in [2.75, 3.05) is 0 Å². The Bertz CT molecular complexity index is 840. The minimum Gasteiger partial charge on any atom is -0.294 e. The molecule has 0 aromatic heterocycles. The van der Waals surface area contributed by atoms with Crippen LogP contribution in [0.5, 0.6) is 0 Å². The van der Waals surface area contributed by atoms with Crippen molar-refractivity contribution >= 4 is 17.6 Å². The molecule has 0 bridgehead atoms. The molecule has 0 unspecified atom stereocenters. The molecule has 0 amide bonds. The summed E-state index contributed by atoms with van der Waals surface area (Å²) in [5.74, 6) is -0.763. The van der Waals surface area contributed by atoms with E-state index in [9.17, 15) is 22.8 Å². The summed E-state index contributed by atoms with van der Waals surface area (Å²) < 4.78 is 38.1. The fourth-order valence-corrected chi connectivity index (χ4v) is 3.48. The molecule has 28 heavy (non-hydrogen) atoms. The van der Waals surface area contributed by atoms with Crippen molar-refractivity contribution in [3.63, 3.8) is 0 Å². The van der Waals surface area contributed by atoms with Gasteiger partial charge >= 0.3 is 6.18 Å². The average Bonchev–Trinajstić information content (AvgIpc) is 2.58. The van der Waals surface area contributed by atoms with E-state index in [2.05, 4.69) is 20.8 Å². The monoisotopic (exact) mass is 390 g/mol. The van der Waals surface area contributed by atoms with Crippen molar-refractivity contribution < 1.29 is 22.8 Å². The van der Waals surface area contributed by atoms with Gasteiger partial charge in [0.05, 0.1) is 12.0 Å². The third-order valence-electron chi connectivity index (χ3n) is 5.00. The summed E-state index contributed by atoms with van der Waals surface area (Å²) in [6.45, 7) is 6.35. The molecule has 1 aromatic carbocycles. The lowest BCUT2D eigenvalue weighted by Crippen LogP contribution is -2.19. The van der Waals surface area contributed by atoms with Crippen LogP contribution in [0.4, 0.5) is 13.2 Å². The van der Waals surface area contributed by atoms with Crippen LogP contribution in [-0.4, -0.2) is 11.6 Å². The molecule has 1 aliphatic carbocycles. The molecule has 0 fully saturated rings. The van der Waals surface area contributed by atoms with Gasteiger partial charge in [-0.15, -0.1) is 0 Å². The van der Waals surface area contributed by atoms with Crippen LogP contribution in [0, 0.1) is 5.41 Å². The first-order chi connectivity index (χ1) is 13.0. The van der Waals surface area contributed by atoms with Gasteiger partial charge < -0.3 is 0 Å². The van der Waals surface area contributed by atoms with Gasteiger partial charge in [0.1, 0.15) is 0 Å². The SMILES string of the molecule is CC1=C(/C=C/C(=O)CC(=O)/C=C/c2cccc(C(F)(F)F)c2)C(C)(C)CCC1. The number of benzene rings is 1. The van der Waals surface area contributed by atoms with E-state index in [1.807, 2.05) is 0 Å². The Morgan fingerprint density at radius 2 is 1.75 bits per heavy atom. The molecule has 0 radical (unpaired) electrons. The fourth-order valence-electron chi connectivity index (χ4n) is 3.48. The molecular weight excluding hydrogens is 365 g/mol. The lowest BCUT2D eigenvalue weighted by molar-refractivity contribution is -0.137. The number of ketones is 2. The van der Waals surface area contributed by atoms with Crippen molar-refractivity contribution in [2.45, 2.75) is 52.6 Å². The number of alkyl halides is 3. The van der Waals surface area contributed by atoms with Crippen molar-refractivity contribution in [1.29, 1.82) is 0 Å². The minimum absolute atomic E-state index is 0.00647. The van der Waals surface area contributed by atoms with E-state index in [1.165, 1.54) is 29.9 Å². The highest BCUT2D eigenvalue weighted by Gasteiger charge is 2.30. The highest BCUT2D eigenvalue weighted by Crippen LogP contribution is 2.40. The number of hydrogen-bond donors (Lipinski definition) is 0. The van der Waals surface area contributed by atoms with Crippen molar-refractivity contribution in [1.82, 2.24) is 0 Å². The molecule has 1 aliphatic rings. The molecule has 5 heteroatoms. The van der Waals surface area contributed by atoms with Gasteiger partial charge in [-0.05, 0) is 67.0 Å². The van der Waals surface area contributed by atoms with E-state index in [-0.39, 0.29) is 23.2 Å². The first kappa shape index (κ1) is 21.9. The molecule has 0 N–H and O–H groups in total. The average molecular weight is 390 g/mol. The molecule has 0 spiro atoms. The zero-order valence-electron chi connectivity index (χ0n) is 16.4. The molecule has 1 aromatic rings. The second kappa shape index (κ2) is 8.72. The van der Waals surface area contributed by atoms with E-state index < -0.39 is 17.5 Å². The van der Waals surface area contributed by atoms with Gasteiger partial charge in [0.25, 0.3) is 0 Å². The summed E-state index contributed by atoms with van der Waals surface area (Å²) in [6.07, 6.45) is 4.13. The number of hydrogen-bond acceptors (Lipinski definition) is 2. The highest BCUT2D eigenvalue weighted by atomic mass is 19.4. The van der Waals surface area contributed by atoms with Crippen LogP contribution < -0.4 is 0 Å². The largest absolute Gasteiger partial charge is 0.416 e. The van der Waals surface area contributed by atoms with Crippen molar-refractivity contribution in [3.05, 3.63) is 64.8 Å². The van der Waals surface area contributed by atoms with Crippen LogP contribution >= 0.6 is 0 Å². The fraction of sp³-hybridized carbons (Fsp3) is 0.391. The second-order valence-electron chi connectivity index (χ2n) is 7.83. The highest BCUT2D eigenvalue weighted by molar-refractivity contribution is 6.09. The summed E-state index contributed by atoms with van der Waals surface area (Å²) in [6, 6.07) is 4.69. The molecule has 0 atom stereocenters. The van der Waals surface area contributed by atoms with Crippen LogP contribution in [-0.2, 0) is 15.8 Å². The Hall–Kier alpha value is -2.43.